The van der Waals surface area contributed by atoms with E-state index in [0.29, 0.717) is 37.5 Å². The van der Waals surface area contributed by atoms with E-state index < -0.39 is 59.4 Å². The molecule has 3 aliphatic heterocycles. The van der Waals surface area contributed by atoms with Gasteiger partial charge in [-0.05, 0) is 25.5 Å². The first-order chi connectivity index (χ1) is 15.6. The Labute approximate surface area is 185 Å². The Hall–Kier alpha value is -3.22. The van der Waals surface area contributed by atoms with E-state index in [9.17, 15) is 37.1 Å². The van der Waals surface area contributed by atoms with Crippen molar-refractivity contribution in [2.24, 2.45) is 11.8 Å². The molecular weight excluding hydrogens is 449 g/mol. The van der Waals surface area contributed by atoms with E-state index >= 15 is 0 Å². The van der Waals surface area contributed by atoms with Crippen LogP contribution < -0.4 is 10.6 Å². The molecule has 3 saturated heterocycles. The van der Waals surface area contributed by atoms with Crippen LogP contribution in [0.15, 0.2) is 23.6 Å². The third-order valence-electron chi connectivity index (χ3n) is 6.02. The Kier molecular flexibility index (Phi) is 5.99. The lowest BCUT2D eigenvalue weighted by Crippen LogP contribution is -2.54. The first-order valence-corrected chi connectivity index (χ1v) is 10.5. The number of amides is 4. The first kappa shape index (κ1) is 23.0. The molecule has 13 heteroatoms. The zero-order valence-corrected chi connectivity index (χ0v) is 17.3. The molecule has 0 saturated carbocycles. The van der Waals surface area contributed by atoms with Crippen molar-refractivity contribution in [3.63, 3.8) is 0 Å². The van der Waals surface area contributed by atoms with Gasteiger partial charge in [-0.15, -0.1) is 0 Å². The molecule has 2 N–H and O–H groups in total. The van der Waals surface area contributed by atoms with Gasteiger partial charge >= 0.3 is 12.1 Å². The average molecular weight is 470 g/mol. The highest BCUT2D eigenvalue weighted by Crippen LogP contribution is 2.42. The Morgan fingerprint density at radius 2 is 1.85 bits per heavy atom. The van der Waals surface area contributed by atoms with E-state index in [4.69, 9.17) is 4.74 Å². The highest BCUT2D eigenvalue weighted by Gasteiger charge is 2.56. The van der Waals surface area contributed by atoms with Crippen LogP contribution in [0.5, 0.6) is 0 Å². The van der Waals surface area contributed by atoms with Crippen LogP contribution in [-0.4, -0.2) is 77.8 Å². The van der Waals surface area contributed by atoms with Crippen molar-refractivity contribution in [3.8, 4) is 0 Å². The van der Waals surface area contributed by atoms with Gasteiger partial charge in [-0.25, -0.2) is 4.79 Å². The summed E-state index contributed by atoms with van der Waals surface area (Å²) >= 11 is 0. The van der Waals surface area contributed by atoms with Crippen LogP contribution >= 0.6 is 0 Å². The van der Waals surface area contributed by atoms with Crippen LogP contribution in [-0.2, 0) is 28.7 Å². The van der Waals surface area contributed by atoms with Crippen LogP contribution in [0.1, 0.15) is 19.3 Å². The molecule has 3 fully saturated rings. The normalized spacial score (nSPS) is 28.6. The van der Waals surface area contributed by atoms with E-state index in [1.807, 2.05) is 0 Å². The fourth-order valence-electron chi connectivity index (χ4n) is 4.48. The lowest BCUT2D eigenvalue weighted by atomic mass is 9.87. The first-order valence-electron chi connectivity index (χ1n) is 10.5. The number of fused-ring (bicyclic) bond motifs is 1. The molecule has 4 amide bonds. The van der Waals surface area contributed by atoms with E-state index in [2.05, 4.69) is 10.6 Å². The maximum atomic E-state index is 13.3. The molecule has 178 valence electrons. The minimum atomic E-state index is -5.32. The number of nitrogens with zero attached hydrogens (tertiary/aromatic N) is 2. The molecule has 4 aliphatic rings. The number of imide groups is 2. The molecule has 0 aromatic rings. The monoisotopic (exact) mass is 470 g/mol. The lowest BCUT2D eigenvalue weighted by molar-refractivity contribution is -0.196. The van der Waals surface area contributed by atoms with E-state index in [0.717, 1.165) is 0 Å². The van der Waals surface area contributed by atoms with Gasteiger partial charge in [-0.3, -0.25) is 29.4 Å². The van der Waals surface area contributed by atoms with Gasteiger partial charge in [0.15, 0.2) is 0 Å². The average Bonchev–Trinajstić information content (AvgIpc) is 2.92. The number of nitrogens with one attached hydrogen (secondary N) is 2. The third-order valence-corrected chi connectivity index (χ3v) is 6.02. The Morgan fingerprint density at radius 3 is 2.55 bits per heavy atom. The van der Waals surface area contributed by atoms with Gasteiger partial charge in [0.05, 0.1) is 11.6 Å². The van der Waals surface area contributed by atoms with Crippen LogP contribution in [0.3, 0.4) is 0 Å². The molecule has 33 heavy (non-hydrogen) atoms. The van der Waals surface area contributed by atoms with Crippen molar-refractivity contribution in [2.75, 3.05) is 26.2 Å². The second kappa shape index (κ2) is 8.61. The predicted molar refractivity (Wildman–Crippen MR) is 102 cm³/mol. The second-order valence-electron chi connectivity index (χ2n) is 8.10. The summed E-state index contributed by atoms with van der Waals surface area (Å²) in [6.45, 7) is 2.00. The van der Waals surface area contributed by atoms with Crippen molar-refractivity contribution in [2.45, 2.75) is 31.5 Å². The number of hydrogen-bond donors (Lipinski definition) is 2. The van der Waals surface area contributed by atoms with Crippen molar-refractivity contribution in [1.82, 2.24) is 20.4 Å². The number of carbonyl (C=O) groups is 5. The summed E-state index contributed by atoms with van der Waals surface area (Å²) in [7, 11) is 0. The van der Waals surface area contributed by atoms with Gasteiger partial charge in [0.25, 0.3) is 0 Å². The number of likely N-dealkylation sites (tertiary alicyclic amines) is 1. The summed E-state index contributed by atoms with van der Waals surface area (Å²) < 4.78 is 43.8. The number of allylic oxidation sites excluding steroid dienone is 1. The highest BCUT2D eigenvalue weighted by molar-refractivity contribution is 6.12. The summed E-state index contributed by atoms with van der Waals surface area (Å²) in [5.74, 6) is -8.95. The maximum absolute atomic E-state index is 13.3. The van der Waals surface area contributed by atoms with E-state index in [1.165, 1.54) is 12.2 Å². The fourth-order valence-corrected chi connectivity index (χ4v) is 4.48. The van der Waals surface area contributed by atoms with Crippen molar-refractivity contribution in [3.05, 3.63) is 23.6 Å². The van der Waals surface area contributed by atoms with Gasteiger partial charge in [0.2, 0.25) is 23.6 Å². The quantitative estimate of drug-likeness (QED) is 0.421. The summed E-state index contributed by atoms with van der Waals surface area (Å²) in [5, 5.41) is 5.20. The lowest BCUT2D eigenvalue weighted by Gasteiger charge is -2.31. The number of ether oxygens (including phenoxy) is 1. The summed E-state index contributed by atoms with van der Waals surface area (Å²) in [5.41, 5.74) is 0.115. The van der Waals surface area contributed by atoms with Gasteiger partial charge < -0.3 is 15.0 Å². The molecule has 0 bridgehead atoms. The van der Waals surface area contributed by atoms with E-state index in [1.54, 1.807) is 4.90 Å². The SMILES string of the molecule is O=C1CCC(N2C(=O)C3C=CC(N4CCCNCC4)=C(OC(=O)C(F)(F)F)C3C2=O)C(=O)N1. The van der Waals surface area contributed by atoms with E-state index in [-0.39, 0.29) is 18.5 Å². The Bertz CT molecular complexity index is 967. The number of alkyl halides is 3. The highest BCUT2D eigenvalue weighted by atomic mass is 19.4. The standard InChI is InChI=1S/C20H21F3N4O6/c21-20(22,23)19(32)33-15-11(26-8-1-6-24-7-9-26)3-2-10-14(15)18(31)27(17(10)30)12-4-5-13(28)25-16(12)29/h2-3,10,12,14,24H,1,4-9H2,(H,25,28,29). The summed E-state index contributed by atoms with van der Waals surface area (Å²) in [6.07, 6.45) is -2.10. The largest absolute Gasteiger partial charge is 0.491 e. The fraction of sp³-hybridized carbons (Fsp3) is 0.550. The van der Waals surface area contributed by atoms with Crippen LogP contribution in [0, 0.1) is 11.8 Å². The van der Waals surface area contributed by atoms with Gasteiger partial charge in [0.1, 0.15) is 17.7 Å². The number of halogens is 3. The summed E-state index contributed by atoms with van der Waals surface area (Å²) in [4.78, 5) is 64.1. The molecule has 0 radical (unpaired) electrons. The van der Waals surface area contributed by atoms with Gasteiger partial charge in [-0.2, -0.15) is 13.2 Å². The van der Waals surface area contributed by atoms with Crippen molar-refractivity contribution >= 4 is 29.6 Å². The molecule has 0 spiro atoms. The minimum Gasteiger partial charge on any atom is -0.421 e. The molecule has 3 heterocycles. The molecule has 3 atom stereocenters. The van der Waals surface area contributed by atoms with Crippen LogP contribution in [0.2, 0.25) is 0 Å². The van der Waals surface area contributed by atoms with Gasteiger partial charge in [0, 0.05) is 26.1 Å². The van der Waals surface area contributed by atoms with Crippen LogP contribution in [0.25, 0.3) is 0 Å². The topological polar surface area (TPSA) is 125 Å². The third kappa shape index (κ3) is 4.24. The van der Waals surface area contributed by atoms with Crippen molar-refractivity contribution < 1.29 is 41.9 Å². The predicted octanol–water partition coefficient (Wildman–Crippen LogP) is -0.425. The Balaban J connectivity index is 1.72. The molecule has 4 rings (SSSR count). The zero-order chi connectivity index (χ0) is 23.9. The number of piperidine rings is 1. The molecular formula is C20H21F3N4O6. The van der Waals surface area contributed by atoms with Crippen LogP contribution in [0.4, 0.5) is 13.2 Å². The summed E-state index contributed by atoms with van der Waals surface area (Å²) in [6, 6.07) is -1.27. The number of hydrogen-bond acceptors (Lipinski definition) is 8. The second-order valence-corrected chi connectivity index (χ2v) is 8.10. The molecule has 10 nitrogen and oxygen atoms in total. The minimum absolute atomic E-state index is 0.0999. The molecule has 3 unspecified atom stereocenters. The van der Waals surface area contributed by atoms with Crippen molar-refractivity contribution in [1.29, 1.82) is 0 Å². The van der Waals surface area contributed by atoms with Gasteiger partial charge in [-0.1, -0.05) is 6.08 Å². The molecule has 0 aromatic carbocycles. The Morgan fingerprint density at radius 1 is 1.09 bits per heavy atom. The number of carbonyl (C=O) groups excluding carboxylic acids is 5. The zero-order valence-electron chi connectivity index (χ0n) is 17.3. The molecule has 0 aromatic heterocycles. The molecule has 1 aliphatic carbocycles. The number of rotatable bonds is 3. The number of esters is 1. The smallest absolute Gasteiger partial charge is 0.421 e. The maximum Gasteiger partial charge on any atom is 0.491 e.